The van der Waals surface area contributed by atoms with Gasteiger partial charge in [-0.3, -0.25) is 0 Å². The van der Waals surface area contributed by atoms with Crippen LogP contribution in [0.1, 0.15) is 11.1 Å². The Morgan fingerprint density at radius 3 is 2.56 bits per heavy atom. The summed E-state index contributed by atoms with van der Waals surface area (Å²) in [7, 11) is 1.55. The summed E-state index contributed by atoms with van der Waals surface area (Å²) in [5.74, 6) is 1.51. The van der Waals surface area contributed by atoms with Crippen LogP contribution in [-0.4, -0.2) is 28.2 Å². The van der Waals surface area contributed by atoms with Gasteiger partial charge >= 0.3 is 0 Å². The molecule has 6 nitrogen and oxygen atoms in total. The molecule has 0 aliphatic rings. The van der Waals surface area contributed by atoms with Crippen molar-refractivity contribution in [3.8, 4) is 22.9 Å². The van der Waals surface area contributed by atoms with Crippen LogP contribution < -0.4 is 9.47 Å². The fraction of sp³-hybridized carbons (Fsp3) is 0.0870. The molecule has 1 N–H and O–H groups in total. The van der Waals surface area contributed by atoms with E-state index in [-0.39, 0.29) is 6.61 Å². The summed E-state index contributed by atoms with van der Waals surface area (Å²) in [5, 5.41) is 12.5. The van der Waals surface area contributed by atoms with E-state index < -0.39 is 0 Å². The summed E-state index contributed by atoms with van der Waals surface area (Å²) in [4.78, 5) is 0. The zero-order valence-electron chi connectivity index (χ0n) is 17.0. The van der Waals surface area contributed by atoms with Crippen LogP contribution in [0.3, 0.4) is 0 Å². The van der Waals surface area contributed by atoms with E-state index in [2.05, 4.69) is 15.3 Å². The molecule has 3 aromatic carbocycles. The molecule has 0 bridgehead atoms. The third-order valence-corrected chi connectivity index (χ3v) is 5.50. The number of aromatic nitrogens is 3. The fourth-order valence-corrected chi connectivity index (χ4v) is 3.66. The molecular weight excluding hydrogens is 467 g/mol. The first kappa shape index (κ1) is 22.1. The molecule has 0 saturated carbocycles. The second-order valence-electron chi connectivity index (χ2n) is 6.69. The monoisotopic (exact) mass is 484 g/mol. The van der Waals surface area contributed by atoms with Crippen molar-refractivity contribution < 1.29 is 9.47 Å². The molecule has 162 valence electrons. The maximum absolute atomic E-state index is 6.49. The van der Waals surface area contributed by atoms with Crippen LogP contribution in [0.15, 0.2) is 71.8 Å². The molecule has 4 rings (SSSR count). The van der Waals surface area contributed by atoms with Crippen LogP contribution in [0.2, 0.25) is 10.0 Å². The van der Waals surface area contributed by atoms with Gasteiger partial charge in [0.15, 0.2) is 17.3 Å². The van der Waals surface area contributed by atoms with Gasteiger partial charge in [-0.15, -0.1) is 0 Å². The first-order valence-corrected chi connectivity index (χ1v) is 10.7. The topological polar surface area (TPSA) is 64.4 Å². The lowest BCUT2D eigenvalue weighted by Crippen LogP contribution is -2.00. The number of ether oxygens (including phenoxy) is 2. The molecule has 9 heteroatoms. The maximum Gasteiger partial charge on any atom is 0.216 e. The molecular formula is C23H18Cl2N4O2S. The number of nitrogens with zero attached hydrogens (tertiary/aromatic N) is 3. The highest BCUT2D eigenvalue weighted by atomic mass is 35.5. The van der Waals surface area contributed by atoms with Crippen LogP contribution in [0.25, 0.3) is 11.4 Å². The minimum atomic E-state index is 0.258. The molecule has 4 aromatic rings. The number of hydrogen-bond donors (Lipinski definition) is 1. The maximum atomic E-state index is 6.49. The first-order valence-electron chi connectivity index (χ1n) is 9.57. The number of methoxy groups -OCH3 is 1. The van der Waals surface area contributed by atoms with E-state index in [1.165, 1.54) is 0 Å². The van der Waals surface area contributed by atoms with Crippen molar-refractivity contribution in [1.29, 1.82) is 0 Å². The van der Waals surface area contributed by atoms with Crippen LogP contribution >= 0.6 is 35.4 Å². The summed E-state index contributed by atoms with van der Waals surface area (Å²) in [5.41, 5.74) is 2.44. The summed E-state index contributed by atoms with van der Waals surface area (Å²) in [6.45, 7) is 0.258. The van der Waals surface area contributed by atoms with Crippen molar-refractivity contribution in [2.24, 2.45) is 5.10 Å². The van der Waals surface area contributed by atoms with Crippen molar-refractivity contribution in [2.75, 3.05) is 7.11 Å². The molecule has 0 amide bonds. The SMILES string of the molecule is COc1cc(/C=N\n2c(-c3ccccc3)n[nH]c2=S)cc(Cl)c1OCc1ccccc1Cl. The summed E-state index contributed by atoms with van der Waals surface area (Å²) < 4.78 is 13.3. The Hall–Kier alpha value is -3.13. The zero-order valence-corrected chi connectivity index (χ0v) is 19.3. The van der Waals surface area contributed by atoms with Crippen LogP contribution in [-0.2, 0) is 6.61 Å². The lowest BCUT2D eigenvalue weighted by molar-refractivity contribution is 0.285. The Morgan fingerprint density at radius 2 is 1.81 bits per heavy atom. The van der Waals surface area contributed by atoms with Gasteiger partial charge in [0.1, 0.15) is 6.61 Å². The van der Waals surface area contributed by atoms with E-state index in [0.717, 1.165) is 11.1 Å². The van der Waals surface area contributed by atoms with Crippen LogP contribution in [0.5, 0.6) is 11.5 Å². The molecule has 0 saturated heterocycles. The van der Waals surface area contributed by atoms with E-state index >= 15 is 0 Å². The molecule has 0 fully saturated rings. The predicted molar refractivity (Wildman–Crippen MR) is 130 cm³/mol. The second kappa shape index (κ2) is 9.99. The third kappa shape index (κ3) is 4.85. The molecule has 0 aliphatic heterocycles. The Kier molecular flexibility index (Phi) is 6.90. The average molecular weight is 485 g/mol. The third-order valence-electron chi connectivity index (χ3n) is 4.59. The van der Waals surface area contributed by atoms with Gasteiger partial charge in [-0.25, -0.2) is 5.10 Å². The molecule has 0 aliphatic carbocycles. The average Bonchev–Trinajstić information content (AvgIpc) is 3.18. The Labute approximate surface area is 200 Å². The highest BCUT2D eigenvalue weighted by Gasteiger charge is 2.13. The van der Waals surface area contributed by atoms with E-state index in [1.54, 1.807) is 30.1 Å². The second-order valence-corrected chi connectivity index (χ2v) is 7.89. The molecule has 1 heterocycles. The smallest absolute Gasteiger partial charge is 0.216 e. The highest BCUT2D eigenvalue weighted by molar-refractivity contribution is 7.71. The molecule has 0 atom stereocenters. The van der Waals surface area contributed by atoms with Crippen molar-refractivity contribution in [3.05, 3.63) is 92.7 Å². The minimum Gasteiger partial charge on any atom is -0.493 e. The highest BCUT2D eigenvalue weighted by Crippen LogP contribution is 2.37. The minimum absolute atomic E-state index is 0.258. The van der Waals surface area contributed by atoms with Gasteiger partial charge in [0.05, 0.1) is 18.3 Å². The Bertz CT molecular complexity index is 1320. The van der Waals surface area contributed by atoms with Gasteiger partial charge in [-0.05, 0) is 36.0 Å². The standard InChI is InChI=1S/C23H18Cl2N4O2S/c1-30-20-12-15(11-19(25)21(20)31-14-17-9-5-6-10-18(17)24)13-26-29-22(27-28-23(29)32)16-7-3-2-4-8-16/h2-13H,14H2,1H3,(H,28,32)/b26-13-. The summed E-state index contributed by atoms with van der Waals surface area (Å²) in [6, 6.07) is 20.6. The van der Waals surface area contributed by atoms with E-state index in [0.29, 0.717) is 37.7 Å². The molecule has 32 heavy (non-hydrogen) atoms. The fourth-order valence-electron chi connectivity index (χ4n) is 3.02. The number of aromatic amines is 1. The number of rotatable bonds is 7. The van der Waals surface area contributed by atoms with Gasteiger partial charge in [0.2, 0.25) is 4.77 Å². The quantitative estimate of drug-likeness (QED) is 0.244. The zero-order chi connectivity index (χ0) is 22.5. The van der Waals surface area contributed by atoms with Crippen molar-refractivity contribution in [2.45, 2.75) is 6.61 Å². The van der Waals surface area contributed by atoms with Crippen LogP contribution in [0, 0.1) is 4.77 Å². The molecule has 0 spiro atoms. The molecule has 1 aromatic heterocycles. The summed E-state index contributed by atoms with van der Waals surface area (Å²) >= 11 is 18.0. The largest absolute Gasteiger partial charge is 0.493 e. The summed E-state index contributed by atoms with van der Waals surface area (Å²) in [6.07, 6.45) is 1.63. The lowest BCUT2D eigenvalue weighted by Gasteiger charge is -2.14. The number of halogens is 2. The number of H-pyrrole nitrogens is 1. The molecule has 0 unspecified atom stereocenters. The van der Waals surface area contributed by atoms with Gasteiger partial charge in [0, 0.05) is 16.1 Å². The Balaban J connectivity index is 1.60. The van der Waals surface area contributed by atoms with Crippen molar-refractivity contribution >= 4 is 41.6 Å². The van der Waals surface area contributed by atoms with E-state index in [9.17, 15) is 0 Å². The first-order chi connectivity index (χ1) is 15.6. The molecule has 0 radical (unpaired) electrons. The lowest BCUT2D eigenvalue weighted by atomic mass is 10.2. The number of hydrogen-bond acceptors (Lipinski definition) is 5. The normalized spacial score (nSPS) is 11.1. The van der Waals surface area contributed by atoms with Gasteiger partial charge < -0.3 is 9.47 Å². The van der Waals surface area contributed by atoms with Crippen molar-refractivity contribution in [1.82, 2.24) is 14.9 Å². The van der Waals surface area contributed by atoms with E-state index in [4.69, 9.17) is 44.9 Å². The van der Waals surface area contributed by atoms with E-state index in [1.807, 2.05) is 54.6 Å². The van der Waals surface area contributed by atoms with Crippen molar-refractivity contribution in [3.63, 3.8) is 0 Å². The van der Waals surface area contributed by atoms with Gasteiger partial charge in [-0.2, -0.15) is 14.9 Å². The number of benzene rings is 3. The Morgan fingerprint density at radius 1 is 1.06 bits per heavy atom. The van der Waals surface area contributed by atoms with Crippen LogP contribution in [0.4, 0.5) is 0 Å². The predicted octanol–water partition coefficient (Wildman–Crippen LogP) is 6.38. The number of nitrogens with one attached hydrogen (secondary N) is 1. The van der Waals surface area contributed by atoms with Gasteiger partial charge in [0.25, 0.3) is 0 Å². The van der Waals surface area contributed by atoms with Gasteiger partial charge in [-0.1, -0.05) is 71.7 Å².